The Balaban J connectivity index is 0.00000144. The Hall–Kier alpha value is -1.22. The standard InChI is InChI=1S/C18H24N2O.ClH/c19-14-8-9-15-13(10-14)2-1-3-16(15)20-18(21)17(11-4-5-11)12-6-7-12;/h8-12,16-17H,1-7,19H2,(H,20,21);1H. The van der Waals surface area contributed by atoms with Gasteiger partial charge in [-0.15, -0.1) is 12.4 Å². The number of nitrogens with one attached hydrogen (secondary N) is 1. The van der Waals surface area contributed by atoms with Gasteiger partial charge in [-0.05, 0) is 80.0 Å². The molecule has 1 amide bonds. The first-order valence-electron chi connectivity index (χ1n) is 8.41. The second-order valence-corrected chi connectivity index (χ2v) is 7.11. The number of nitrogen functional groups attached to an aromatic ring is 1. The lowest BCUT2D eigenvalue weighted by atomic mass is 9.86. The van der Waals surface area contributed by atoms with Crippen LogP contribution in [0.1, 0.15) is 55.7 Å². The van der Waals surface area contributed by atoms with Crippen molar-refractivity contribution < 1.29 is 4.79 Å². The van der Waals surface area contributed by atoms with Gasteiger partial charge in [0, 0.05) is 11.6 Å². The van der Waals surface area contributed by atoms with Crippen LogP contribution in [0.15, 0.2) is 18.2 Å². The number of rotatable bonds is 4. The monoisotopic (exact) mass is 320 g/mol. The number of carbonyl (C=O) groups is 1. The molecule has 0 spiro atoms. The fourth-order valence-electron chi connectivity index (χ4n) is 3.98. The third kappa shape index (κ3) is 3.10. The third-order valence-electron chi connectivity index (χ3n) is 5.36. The van der Waals surface area contributed by atoms with Crippen LogP contribution in [0, 0.1) is 17.8 Å². The molecule has 0 bridgehead atoms. The highest BCUT2D eigenvalue weighted by Crippen LogP contribution is 2.49. The summed E-state index contributed by atoms with van der Waals surface area (Å²) >= 11 is 0. The van der Waals surface area contributed by atoms with Crippen molar-refractivity contribution in [3.8, 4) is 0 Å². The second-order valence-electron chi connectivity index (χ2n) is 7.11. The molecular formula is C18H25ClN2O. The molecule has 3 nitrogen and oxygen atoms in total. The molecule has 1 unspecified atom stereocenters. The summed E-state index contributed by atoms with van der Waals surface area (Å²) in [7, 11) is 0. The molecule has 3 N–H and O–H groups in total. The molecule has 1 atom stereocenters. The van der Waals surface area contributed by atoms with Gasteiger partial charge in [-0.1, -0.05) is 6.07 Å². The van der Waals surface area contributed by atoms with E-state index in [2.05, 4.69) is 17.4 Å². The van der Waals surface area contributed by atoms with E-state index in [4.69, 9.17) is 5.73 Å². The average Bonchev–Trinajstić information content (AvgIpc) is 3.33. The number of anilines is 1. The Kier molecular flexibility index (Phi) is 4.35. The van der Waals surface area contributed by atoms with Crippen molar-refractivity contribution in [2.24, 2.45) is 17.8 Å². The van der Waals surface area contributed by atoms with Gasteiger partial charge in [0.2, 0.25) is 5.91 Å². The lowest BCUT2D eigenvalue weighted by Gasteiger charge is -2.28. The van der Waals surface area contributed by atoms with Gasteiger partial charge in [0.1, 0.15) is 0 Å². The van der Waals surface area contributed by atoms with Crippen molar-refractivity contribution in [3.05, 3.63) is 29.3 Å². The molecular weight excluding hydrogens is 296 g/mol. The zero-order valence-corrected chi connectivity index (χ0v) is 13.7. The van der Waals surface area contributed by atoms with Crippen molar-refractivity contribution in [2.45, 2.75) is 51.0 Å². The first-order chi connectivity index (χ1) is 10.2. The molecule has 120 valence electrons. The molecule has 1 aromatic rings. The number of hydrogen-bond acceptors (Lipinski definition) is 2. The van der Waals surface area contributed by atoms with Crippen LogP contribution < -0.4 is 11.1 Å². The van der Waals surface area contributed by atoms with Gasteiger partial charge < -0.3 is 11.1 Å². The number of aryl methyl sites for hydroxylation is 1. The van der Waals surface area contributed by atoms with E-state index in [0.717, 1.165) is 24.9 Å². The minimum atomic E-state index is 0. The van der Waals surface area contributed by atoms with Crippen molar-refractivity contribution >= 4 is 24.0 Å². The number of amides is 1. The highest BCUT2D eigenvalue weighted by atomic mass is 35.5. The highest BCUT2D eigenvalue weighted by molar-refractivity contribution is 5.85. The zero-order valence-electron chi connectivity index (χ0n) is 12.9. The van der Waals surface area contributed by atoms with Gasteiger partial charge in [0.05, 0.1) is 6.04 Å². The predicted octanol–water partition coefficient (Wildman–Crippen LogP) is 3.62. The Bertz CT molecular complexity index is 554. The summed E-state index contributed by atoms with van der Waals surface area (Å²) < 4.78 is 0. The van der Waals surface area contributed by atoms with Gasteiger partial charge in [0.25, 0.3) is 0 Å². The van der Waals surface area contributed by atoms with Gasteiger partial charge in [0.15, 0.2) is 0 Å². The molecule has 0 radical (unpaired) electrons. The molecule has 2 fully saturated rings. The number of nitrogens with two attached hydrogens (primary N) is 1. The number of halogens is 1. The molecule has 22 heavy (non-hydrogen) atoms. The Morgan fingerprint density at radius 3 is 2.45 bits per heavy atom. The van der Waals surface area contributed by atoms with Crippen LogP contribution in [-0.4, -0.2) is 5.91 Å². The van der Waals surface area contributed by atoms with E-state index in [9.17, 15) is 4.79 Å². The fourth-order valence-corrected chi connectivity index (χ4v) is 3.98. The Morgan fingerprint density at radius 1 is 1.14 bits per heavy atom. The number of hydrogen-bond donors (Lipinski definition) is 2. The van der Waals surface area contributed by atoms with E-state index in [-0.39, 0.29) is 18.4 Å². The molecule has 4 heteroatoms. The summed E-state index contributed by atoms with van der Waals surface area (Å²) in [4.78, 5) is 12.7. The van der Waals surface area contributed by atoms with Gasteiger partial charge in [-0.2, -0.15) is 0 Å². The van der Waals surface area contributed by atoms with Crippen molar-refractivity contribution in [2.75, 3.05) is 5.73 Å². The molecule has 2 saturated carbocycles. The summed E-state index contributed by atoms with van der Waals surface area (Å²) in [6.07, 6.45) is 8.31. The zero-order chi connectivity index (χ0) is 14.4. The molecule has 0 heterocycles. The predicted molar refractivity (Wildman–Crippen MR) is 90.9 cm³/mol. The fraction of sp³-hybridized carbons (Fsp3) is 0.611. The third-order valence-corrected chi connectivity index (χ3v) is 5.36. The molecule has 4 rings (SSSR count). The van der Waals surface area contributed by atoms with E-state index < -0.39 is 0 Å². The molecule has 0 aromatic heterocycles. The van der Waals surface area contributed by atoms with Crippen molar-refractivity contribution in [3.63, 3.8) is 0 Å². The quantitative estimate of drug-likeness (QED) is 0.832. The number of fused-ring (bicyclic) bond motifs is 1. The van der Waals surface area contributed by atoms with Crippen LogP contribution in [0.5, 0.6) is 0 Å². The lowest BCUT2D eigenvalue weighted by molar-refractivity contribution is -0.127. The summed E-state index contributed by atoms with van der Waals surface area (Å²) in [6, 6.07) is 6.34. The van der Waals surface area contributed by atoms with Crippen LogP contribution in [-0.2, 0) is 11.2 Å². The van der Waals surface area contributed by atoms with E-state index in [1.165, 1.54) is 36.8 Å². The van der Waals surface area contributed by atoms with Crippen LogP contribution in [0.25, 0.3) is 0 Å². The largest absolute Gasteiger partial charge is 0.399 e. The van der Waals surface area contributed by atoms with Gasteiger partial charge in [-0.25, -0.2) is 0 Å². The van der Waals surface area contributed by atoms with E-state index in [0.29, 0.717) is 23.7 Å². The number of carbonyl (C=O) groups excluding carboxylic acids is 1. The summed E-state index contributed by atoms with van der Waals surface area (Å²) in [5.74, 6) is 1.96. The Labute approximate surface area is 138 Å². The molecule has 3 aliphatic rings. The van der Waals surface area contributed by atoms with Gasteiger partial charge >= 0.3 is 0 Å². The van der Waals surface area contributed by atoms with Crippen LogP contribution in [0.4, 0.5) is 5.69 Å². The second kappa shape index (κ2) is 6.11. The van der Waals surface area contributed by atoms with E-state index in [1.54, 1.807) is 0 Å². The first kappa shape index (κ1) is 15.7. The lowest BCUT2D eigenvalue weighted by Crippen LogP contribution is -2.37. The Morgan fingerprint density at radius 2 is 1.82 bits per heavy atom. The summed E-state index contributed by atoms with van der Waals surface area (Å²) in [5, 5.41) is 3.36. The van der Waals surface area contributed by atoms with Crippen molar-refractivity contribution in [1.29, 1.82) is 0 Å². The molecule has 0 saturated heterocycles. The first-order valence-corrected chi connectivity index (χ1v) is 8.41. The SMILES string of the molecule is Cl.Nc1ccc2c(c1)CCCC2NC(=O)C(C1CC1)C1CC1. The van der Waals surface area contributed by atoms with E-state index >= 15 is 0 Å². The molecule has 0 aliphatic heterocycles. The maximum absolute atomic E-state index is 12.7. The molecule has 3 aliphatic carbocycles. The summed E-state index contributed by atoms with van der Waals surface area (Å²) in [5.41, 5.74) is 9.32. The van der Waals surface area contributed by atoms with Crippen LogP contribution >= 0.6 is 12.4 Å². The maximum Gasteiger partial charge on any atom is 0.224 e. The normalized spacial score (nSPS) is 23.6. The maximum atomic E-state index is 12.7. The number of benzene rings is 1. The van der Waals surface area contributed by atoms with Gasteiger partial charge in [-0.3, -0.25) is 4.79 Å². The summed E-state index contributed by atoms with van der Waals surface area (Å²) in [6.45, 7) is 0. The smallest absolute Gasteiger partial charge is 0.224 e. The van der Waals surface area contributed by atoms with Crippen LogP contribution in [0.2, 0.25) is 0 Å². The minimum Gasteiger partial charge on any atom is -0.399 e. The van der Waals surface area contributed by atoms with Crippen molar-refractivity contribution in [1.82, 2.24) is 5.32 Å². The topological polar surface area (TPSA) is 55.1 Å². The average molecular weight is 321 g/mol. The minimum absolute atomic E-state index is 0. The van der Waals surface area contributed by atoms with Crippen LogP contribution in [0.3, 0.4) is 0 Å². The highest BCUT2D eigenvalue weighted by Gasteiger charge is 2.46. The van der Waals surface area contributed by atoms with E-state index in [1.807, 2.05) is 6.07 Å². The molecule has 1 aromatic carbocycles.